The highest BCUT2D eigenvalue weighted by atomic mass is 32.1. The van der Waals surface area contributed by atoms with E-state index >= 15 is 0 Å². The van der Waals surface area contributed by atoms with Crippen LogP contribution in [0.2, 0.25) is 0 Å². The summed E-state index contributed by atoms with van der Waals surface area (Å²) in [6, 6.07) is 7.93. The zero-order chi connectivity index (χ0) is 11.8. The Balaban J connectivity index is 2.22. The van der Waals surface area contributed by atoms with Crippen molar-refractivity contribution in [3.63, 3.8) is 0 Å². The number of aryl methyl sites for hydroxylation is 1. The van der Waals surface area contributed by atoms with E-state index in [1.165, 1.54) is 11.8 Å². The average molecular weight is 242 g/mol. The molecule has 0 saturated heterocycles. The molecule has 4 heteroatoms. The van der Waals surface area contributed by atoms with Gasteiger partial charge in [0.1, 0.15) is 10.8 Å². The molecule has 0 bridgehead atoms. The Labute approximate surface area is 102 Å². The second-order valence-electron chi connectivity index (χ2n) is 3.88. The van der Waals surface area contributed by atoms with Crippen LogP contribution < -0.4 is 0 Å². The van der Waals surface area contributed by atoms with Crippen LogP contribution in [-0.2, 0) is 0 Å². The molecule has 0 aliphatic carbocycles. The zero-order valence-electron chi connectivity index (χ0n) is 9.21. The number of rotatable bonds is 1. The third-order valence-electron chi connectivity index (χ3n) is 2.57. The van der Waals surface area contributed by atoms with Crippen LogP contribution in [0.4, 0.5) is 0 Å². The van der Waals surface area contributed by atoms with E-state index in [-0.39, 0.29) is 5.75 Å². The maximum absolute atomic E-state index is 9.75. The summed E-state index contributed by atoms with van der Waals surface area (Å²) < 4.78 is 1.14. The van der Waals surface area contributed by atoms with Gasteiger partial charge in [-0.05, 0) is 30.7 Å². The molecule has 2 aromatic heterocycles. The second-order valence-corrected chi connectivity index (χ2v) is 4.91. The molecule has 3 aromatic rings. The Morgan fingerprint density at radius 3 is 2.94 bits per heavy atom. The molecule has 0 atom stereocenters. The largest absolute Gasteiger partial charge is 0.506 e. The number of hydrogen-bond donors (Lipinski definition) is 1. The van der Waals surface area contributed by atoms with Crippen molar-refractivity contribution < 1.29 is 5.11 Å². The lowest BCUT2D eigenvalue weighted by Crippen LogP contribution is -1.78. The summed E-state index contributed by atoms with van der Waals surface area (Å²) in [5.41, 5.74) is 2.91. The first-order chi connectivity index (χ1) is 8.24. The van der Waals surface area contributed by atoms with Crippen LogP contribution in [0.5, 0.6) is 5.75 Å². The number of pyridine rings is 1. The molecule has 0 amide bonds. The third-order valence-corrected chi connectivity index (χ3v) is 3.63. The van der Waals surface area contributed by atoms with E-state index in [4.69, 9.17) is 0 Å². The minimum Gasteiger partial charge on any atom is -0.506 e. The first-order valence-electron chi connectivity index (χ1n) is 5.24. The van der Waals surface area contributed by atoms with Crippen molar-refractivity contribution >= 4 is 21.6 Å². The second kappa shape index (κ2) is 3.82. The van der Waals surface area contributed by atoms with Gasteiger partial charge in [0.05, 0.1) is 22.0 Å². The lowest BCUT2D eigenvalue weighted by atomic mass is 10.2. The number of hydrogen-bond acceptors (Lipinski definition) is 4. The van der Waals surface area contributed by atoms with E-state index in [0.717, 1.165) is 20.8 Å². The summed E-state index contributed by atoms with van der Waals surface area (Å²) in [7, 11) is 0. The third kappa shape index (κ3) is 1.76. The Kier molecular flexibility index (Phi) is 2.30. The summed E-state index contributed by atoms with van der Waals surface area (Å²) >= 11 is 1.58. The molecule has 0 aliphatic rings. The van der Waals surface area contributed by atoms with Gasteiger partial charge in [0.2, 0.25) is 0 Å². The number of thiazole rings is 1. The van der Waals surface area contributed by atoms with Gasteiger partial charge < -0.3 is 5.11 Å². The SMILES string of the molecule is Cc1ccc2nc(-c3ccncc3O)sc2c1. The van der Waals surface area contributed by atoms with Gasteiger partial charge in [-0.3, -0.25) is 4.98 Å². The molecule has 84 valence electrons. The molecule has 3 rings (SSSR count). The van der Waals surface area contributed by atoms with Crippen molar-refractivity contribution in [2.45, 2.75) is 6.92 Å². The Morgan fingerprint density at radius 2 is 2.12 bits per heavy atom. The smallest absolute Gasteiger partial charge is 0.144 e. The molecule has 0 fully saturated rings. The van der Waals surface area contributed by atoms with Gasteiger partial charge in [-0.15, -0.1) is 11.3 Å². The van der Waals surface area contributed by atoms with Crippen molar-refractivity contribution in [1.29, 1.82) is 0 Å². The zero-order valence-corrected chi connectivity index (χ0v) is 10.0. The highest BCUT2D eigenvalue weighted by Gasteiger charge is 2.09. The van der Waals surface area contributed by atoms with Gasteiger partial charge in [0.15, 0.2) is 0 Å². The molecule has 3 nitrogen and oxygen atoms in total. The molecule has 0 aliphatic heterocycles. The molecular weight excluding hydrogens is 232 g/mol. The van der Waals surface area contributed by atoms with Gasteiger partial charge in [0.25, 0.3) is 0 Å². The van der Waals surface area contributed by atoms with Crippen LogP contribution in [0.25, 0.3) is 20.8 Å². The van der Waals surface area contributed by atoms with E-state index in [9.17, 15) is 5.11 Å². The number of aromatic nitrogens is 2. The number of aromatic hydroxyl groups is 1. The first kappa shape index (κ1) is 10.2. The van der Waals surface area contributed by atoms with E-state index in [2.05, 4.69) is 23.0 Å². The van der Waals surface area contributed by atoms with E-state index in [1.54, 1.807) is 23.6 Å². The molecule has 0 unspecified atom stereocenters. The summed E-state index contributed by atoms with van der Waals surface area (Å²) in [6.07, 6.45) is 3.10. The van der Waals surface area contributed by atoms with Gasteiger partial charge in [-0.2, -0.15) is 0 Å². The molecule has 0 spiro atoms. The van der Waals surface area contributed by atoms with Crippen molar-refractivity contribution in [3.8, 4) is 16.3 Å². The van der Waals surface area contributed by atoms with E-state index in [1.807, 2.05) is 12.1 Å². The molecule has 2 heterocycles. The van der Waals surface area contributed by atoms with Crippen molar-refractivity contribution in [2.24, 2.45) is 0 Å². The van der Waals surface area contributed by atoms with Crippen LogP contribution >= 0.6 is 11.3 Å². The van der Waals surface area contributed by atoms with Crippen molar-refractivity contribution in [2.75, 3.05) is 0 Å². The summed E-state index contributed by atoms with van der Waals surface area (Å²) in [5.74, 6) is 0.170. The predicted molar refractivity (Wildman–Crippen MR) is 69.3 cm³/mol. The normalized spacial score (nSPS) is 10.9. The van der Waals surface area contributed by atoms with E-state index in [0.29, 0.717) is 0 Å². The van der Waals surface area contributed by atoms with Crippen molar-refractivity contribution in [3.05, 3.63) is 42.2 Å². The van der Waals surface area contributed by atoms with Crippen LogP contribution in [0, 0.1) is 6.92 Å². The number of benzene rings is 1. The quantitative estimate of drug-likeness (QED) is 0.711. The molecular formula is C13H10N2OS. The lowest BCUT2D eigenvalue weighted by Gasteiger charge is -1.97. The summed E-state index contributed by atoms with van der Waals surface area (Å²) in [5, 5.41) is 10.6. The predicted octanol–water partition coefficient (Wildman–Crippen LogP) is 3.37. The Bertz CT molecular complexity index is 691. The monoisotopic (exact) mass is 242 g/mol. The maximum atomic E-state index is 9.75. The highest BCUT2D eigenvalue weighted by Crippen LogP contribution is 2.34. The van der Waals surface area contributed by atoms with Gasteiger partial charge in [0, 0.05) is 6.20 Å². The van der Waals surface area contributed by atoms with Gasteiger partial charge in [-0.25, -0.2) is 4.98 Å². The fourth-order valence-corrected chi connectivity index (χ4v) is 2.81. The van der Waals surface area contributed by atoms with Gasteiger partial charge >= 0.3 is 0 Å². The minimum absolute atomic E-state index is 0.170. The molecule has 1 N–H and O–H groups in total. The summed E-state index contributed by atoms with van der Waals surface area (Å²) in [4.78, 5) is 8.38. The Morgan fingerprint density at radius 1 is 1.24 bits per heavy atom. The lowest BCUT2D eigenvalue weighted by molar-refractivity contribution is 0.474. The van der Waals surface area contributed by atoms with Crippen molar-refractivity contribution in [1.82, 2.24) is 9.97 Å². The van der Waals surface area contributed by atoms with Crippen LogP contribution in [0.15, 0.2) is 36.7 Å². The van der Waals surface area contributed by atoms with Crippen LogP contribution in [0.3, 0.4) is 0 Å². The Hall–Kier alpha value is -1.94. The highest BCUT2D eigenvalue weighted by molar-refractivity contribution is 7.21. The topological polar surface area (TPSA) is 46.0 Å². The summed E-state index contributed by atoms with van der Waals surface area (Å²) in [6.45, 7) is 2.06. The van der Waals surface area contributed by atoms with Crippen LogP contribution in [-0.4, -0.2) is 15.1 Å². The van der Waals surface area contributed by atoms with Crippen LogP contribution in [0.1, 0.15) is 5.56 Å². The van der Waals surface area contributed by atoms with Gasteiger partial charge in [-0.1, -0.05) is 6.07 Å². The molecule has 17 heavy (non-hydrogen) atoms. The fourth-order valence-electron chi connectivity index (χ4n) is 1.71. The molecule has 1 aromatic carbocycles. The van der Waals surface area contributed by atoms with E-state index < -0.39 is 0 Å². The standard InChI is InChI=1S/C13H10N2OS/c1-8-2-3-10-12(6-8)17-13(15-10)9-4-5-14-7-11(9)16/h2-7,16H,1H3. The first-order valence-corrected chi connectivity index (χ1v) is 6.06. The fraction of sp³-hybridized carbons (Fsp3) is 0.0769. The molecule has 0 radical (unpaired) electrons. The number of fused-ring (bicyclic) bond motifs is 1. The average Bonchev–Trinajstić information content (AvgIpc) is 2.72. The number of nitrogens with zero attached hydrogens (tertiary/aromatic N) is 2. The molecule has 0 saturated carbocycles. The maximum Gasteiger partial charge on any atom is 0.144 e. The minimum atomic E-state index is 0.170.